The van der Waals surface area contributed by atoms with Crippen molar-refractivity contribution in [2.75, 3.05) is 0 Å². The minimum atomic E-state index is -0.678. The first-order valence-electron chi connectivity index (χ1n) is 11.3. The summed E-state index contributed by atoms with van der Waals surface area (Å²) < 4.78 is 0. The van der Waals surface area contributed by atoms with Crippen LogP contribution in [0.3, 0.4) is 0 Å². The maximum atomic E-state index is 12.5. The average molecular weight is 414 g/mol. The zero-order chi connectivity index (χ0) is 21.5. The van der Waals surface area contributed by atoms with E-state index >= 15 is 0 Å². The van der Waals surface area contributed by atoms with Crippen LogP contribution in [0.4, 0.5) is 0 Å². The van der Waals surface area contributed by atoms with Crippen LogP contribution in [-0.2, 0) is 24.3 Å². The van der Waals surface area contributed by atoms with Gasteiger partial charge in [-0.2, -0.15) is 0 Å². The highest BCUT2D eigenvalue weighted by Crippen LogP contribution is 2.30. The van der Waals surface area contributed by atoms with E-state index in [2.05, 4.69) is 65.6 Å². The van der Waals surface area contributed by atoms with Gasteiger partial charge in [0.2, 0.25) is 0 Å². The first-order chi connectivity index (χ1) is 15.2. The Bertz CT molecular complexity index is 901. The molecule has 0 radical (unpaired) electrons. The van der Waals surface area contributed by atoms with Crippen molar-refractivity contribution < 1.29 is 9.90 Å². The van der Waals surface area contributed by atoms with Gasteiger partial charge in [-0.25, -0.2) is 0 Å². The Balaban J connectivity index is 1.67. The quantitative estimate of drug-likeness (QED) is 0.535. The first kappa shape index (κ1) is 21.5. The molecule has 3 heteroatoms. The molecule has 1 fully saturated rings. The summed E-state index contributed by atoms with van der Waals surface area (Å²) in [5.74, 6) is -0.0484. The van der Waals surface area contributed by atoms with Gasteiger partial charge in [0, 0.05) is 31.5 Å². The Morgan fingerprint density at radius 1 is 0.774 bits per heavy atom. The minimum absolute atomic E-state index is 0.144. The van der Waals surface area contributed by atoms with Gasteiger partial charge in [0.15, 0.2) is 0 Å². The SMILES string of the molecule is O=C1CCC[C@@H]1[C@@H](O)[C@H](Cc1ccccc1)N(Cc1ccccc1)Cc1ccccc1. The van der Waals surface area contributed by atoms with E-state index in [0.717, 1.165) is 25.9 Å². The van der Waals surface area contributed by atoms with E-state index in [4.69, 9.17) is 0 Å². The molecule has 3 atom stereocenters. The number of ketones is 1. The Morgan fingerprint density at radius 3 is 1.71 bits per heavy atom. The summed E-state index contributed by atoms with van der Waals surface area (Å²) in [6.07, 6.45) is 2.30. The van der Waals surface area contributed by atoms with Crippen LogP contribution in [0.2, 0.25) is 0 Å². The lowest BCUT2D eigenvalue weighted by Crippen LogP contribution is -2.48. The Labute approximate surface area is 185 Å². The fraction of sp³-hybridized carbons (Fsp3) is 0.321. The van der Waals surface area contributed by atoms with Gasteiger partial charge in [-0.1, -0.05) is 91.0 Å². The minimum Gasteiger partial charge on any atom is -0.391 e. The average Bonchev–Trinajstić information content (AvgIpc) is 3.24. The molecule has 0 spiro atoms. The predicted molar refractivity (Wildman–Crippen MR) is 124 cm³/mol. The number of benzene rings is 3. The number of carbonyl (C=O) groups excluding carboxylic acids is 1. The maximum Gasteiger partial charge on any atom is 0.138 e. The van der Waals surface area contributed by atoms with E-state index in [0.29, 0.717) is 12.8 Å². The molecular formula is C28H31NO2. The zero-order valence-electron chi connectivity index (χ0n) is 17.9. The summed E-state index contributed by atoms with van der Waals surface area (Å²) in [4.78, 5) is 14.9. The number of hydrogen-bond acceptors (Lipinski definition) is 3. The molecule has 1 saturated carbocycles. The van der Waals surface area contributed by atoms with Crippen LogP contribution in [0.1, 0.15) is 36.0 Å². The number of Topliss-reactive ketones (excluding diaryl/α,β-unsaturated/α-hetero) is 1. The van der Waals surface area contributed by atoms with Crippen LogP contribution in [0, 0.1) is 5.92 Å². The van der Waals surface area contributed by atoms with E-state index < -0.39 is 6.10 Å². The first-order valence-corrected chi connectivity index (χ1v) is 11.3. The molecule has 3 aromatic rings. The van der Waals surface area contributed by atoms with Crippen molar-refractivity contribution in [1.29, 1.82) is 0 Å². The van der Waals surface area contributed by atoms with Crippen molar-refractivity contribution in [2.45, 2.75) is 50.9 Å². The molecular weight excluding hydrogens is 382 g/mol. The summed E-state index contributed by atoms with van der Waals surface area (Å²) in [7, 11) is 0. The summed E-state index contributed by atoms with van der Waals surface area (Å²) in [6, 6.07) is 31.0. The van der Waals surface area contributed by atoms with Crippen molar-refractivity contribution in [1.82, 2.24) is 4.90 Å². The highest BCUT2D eigenvalue weighted by Gasteiger charge is 2.38. The van der Waals surface area contributed by atoms with Crippen molar-refractivity contribution >= 4 is 5.78 Å². The number of rotatable bonds is 9. The van der Waals surface area contributed by atoms with E-state index in [1.807, 2.05) is 30.3 Å². The predicted octanol–water partition coefficient (Wildman–Crippen LogP) is 5.03. The summed E-state index contributed by atoms with van der Waals surface area (Å²) in [6.45, 7) is 1.45. The Hall–Kier alpha value is -2.75. The lowest BCUT2D eigenvalue weighted by Gasteiger charge is -2.37. The van der Waals surface area contributed by atoms with Crippen molar-refractivity contribution in [2.24, 2.45) is 5.92 Å². The lowest BCUT2D eigenvalue weighted by molar-refractivity contribution is -0.125. The highest BCUT2D eigenvalue weighted by atomic mass is 16.3. The van der Waals surface area contributed by atoms with Crippen LogP contribution < -0.4 is 0 Å². The van der Waals surface area contributed by atoms with Crippen molar-refractivity contribution in [3.63, 3.8) is 0 Å². The number of aliphatic hydroxyl groups is 1. The molecule has 160 valence electrons. The molecule has 0 aromatic heterocycles. The topological polar surface area (TPSA) is 40.5 Å². The van der Waals surface area contributed by atoms with Gasteiger partial charge in [0.25, 0.3) is 0 Å². The third-order valence-corrected chi connectivity index (χ3v) is 6.37. The number of aliphatic hydroxyl groups excluding tert-OH is 1. The van der Waals surface area contributed by atoms with Gasteiger partial charge in [-0.3, -0.25) is 9.69 Å². The molecule has 1 aliphatic rings. The molecule has 0 aliphatic heterocycles. The van der Waals surface area contributed by atoms with Crippen LogP contribution in [0.25, 0.3) is 0 Å². The molecule has 0 saturated heterocycles. The molecule has 31 heavy (non-hydrogen) atoms. The van der Waals surface area contributed by atoms with Gasteiger partial charge in [-0.05, 0) is 36.0 Å². The third-order valence-electron chi connectivity index (χ3n) is 6.37. The van der Waals surface area contributed by atoms with Gasteiger partial charge in [0.1, 0.15) is 5.78 Å². The zero-order valence-corrected chi connectivity index (χ0v) is 17.9. The Kier molecular flexibility index (Phi) is 7.29. The van der Waals surface area contributed by atoms with E-state index in [1.165, 1.54) is 16.7 Å². The number of nitrogens with zero attached hydrogens (tertiary/aromatic N) is 1. The molecule has 0 unspecified atom stereocenters. The second kappa shape index (κ2) is 10.5. The highest BCUT2D eigenvalue weighted by molar-refractivity contribution is 5.83. The van der Waals surface area contributed by atoms with Gasteiger partial charge in [-0.15, -0.1) is 0 Å². The van der Waals surface area contributed by atoms with E-state index in [9.17, 15) is 9.90 Å². The second-order valence-corrected chi connectivity index (χ2v) is 8.59. The van der Waals surface area contributed by atoms with E-state index in [-0.39, 0.29) is 17.7 Å². The number of hydrogen-bond donors (Lipinski definition) is 1. The summed E-state index contributed by atoms with van der Waals surface area (Å²) in [5.41, 5.74) is 3.60. The van der Waals surface area contributed by atoms with Crippen molar-refractivity contribution in [3.05, 3.63) is 108 Å². The van der Waals surface area contributed by atoms with Gasteiger partial charge in [0.05, 0.1) is 6.10 Å². The molecule has 0 bridgehead atoms. The maximum absolute atomic E-state index is 12.5. The normalized spacial score (nSPS) is 18.3. The van der Waals surface area contributed by atoms with Crippen LogP contribution in [0.15, 0.2) is 91.0 Å². The summed E-state index contributed by atoms with van der Waals surface area (Å²) in [5, 5.41) is 11.5. The lowest BCUT2D eigenvalue weighted by atomic mass is 9.88. The second-order valence-electron chi connectivity index (χ2n) is 8.59. The summed E-state index contributed by atoms with van der Waals surface area (Å²) >= 11 is 0. The van der Waals surface area contributed by atoms with E-state index in [1.54, 1.807) is 0 Å². The molecule has 4 rings (SSSR count). The smallest absolute Gasteiger partial charge is 0.138 e. The molecule has 0 heterocycles. The van der Waals surface area contributed by atoms with Gasteiger partial charge >= 0.3 is 0 Å². The van der Waals surface area contributed by atoms with Crippen LogP contribution in [0.5, 0.6) is 0 Å². The monoisotopic (exact) mass is 413 g/mol. The molecule has 3 nitrogen and oxygen atoms in total. The fourth-order valence-corrected chi connectivity index (χ4v) is 4.72. The molecule has 1 aliphatic carbocycles. The standard InChI is InChI=1S/C28H31NO2/c30-27-18-10-17-25(27)28(31)26(19-22-11-4-1-5-12-22)29(20-23-13-6-2-7-14-23)21-24-15-8-3-9-16-24/h1-9,11-16,25-26,28,31H,10,17-21H2/t25-,26-,28+/m0/s1. The fourth-order valence-electron chi connectivity index (χ4n) is 4.72. The third kappa shape index (κ3) is 5.69. The Morgan fingerprint density at radius 2 is 1.26 bits per heavy atom. The molecule has 3 aromatic carbocycles. The van der Waals surface area contributed by atoms with Gasteiger partial charge < -0.3 is 5.11 Å². The van der Waals surface area contributed by atoms with Crippen LogP contribution >= 0.6 is 0 Å². The molecule has 1 N–H and O–H groups in total. The van der Waals surface area contributed by atoms with Crippen LogP contribution in [-0.4, -0.2) is 27.9 Å². The van der Waals surface area contributed by atoms with Crippen molar-refractivity contribution in [3.8, 4) is 0 Å². The largest absolute Gasteiger partial charge is 0.391 e. The molecule has 0 amide bonds. The number of carbonyl (C=O) groups is 1.